The van der Waals surface area contributed by atoms with E-state index in [1.165, 1.54) is 12.0 Å². The van der Waals surface area contributed by atoms with Crippen molar-refractivity contribution in [3.63, 3.8) is 0 Å². The lowest BCUT2D eigenvalue weighted by Gasteiger charge is -2.40. The number of hydrogen-bond donors (Lipinski definition) is 1. The molecule has 0 aromatic heterocycles. The van der Waals surface area contributed by atoms with Crippen LogP contribution in [0.25, 0.3) is 0 Å². The average molecular weight is 276 g/mol. The minimum atomic E-state index is 0.0656. The lowest BCUT2D eigenvalue weighted by molar-refractivity contribution is 0.109. The van der Waals surface area contributed by atoms with Crippen LogP contribution in [-0.2, 0) is 0 Å². The predicted octanol–water partition coefficient (Wildman–Crippen LogP) is 4.08. The molecule has 0 heterocycles. The molecule has 3 unspecified atom stereocenters. The minimum Gasteiger partial charge on any atom is -0.323 e. The largest absolute Gasteiger partial charge is 0.323 e. The van der Waals surface area contributed by atoms with Gasteiger partial charge in [-0.15, -0.1) is 0 Å². The standard InChI is InChI=1S/C18H32N2/c1-13(2)12-15(5)20(6)18(14(3)4)17(19)16-10-8-7-9-11-16/h7-11,13-15,17-18H,12,19H2,1-6H3. The van der Waals surface area contributed by atoms with Gasteiger partial charge in [0.2, 0.25) is 0 Å². The third kappa shape index (κ3) is 4.60. The maximum absolute atomic E-state index is 6.57. The van der Waals surface area contributed by atoms with Crippen molar-refractivity contribution < 1.29 is 0 Å². The molecular formula is C18H32N2. The van der Waals surface area contributed by atoms with Gasteiger partial charge in [-0.3, -0.25) is 4.90 Å². The molecule has 3 atom stereocenters. The molecule has 1 aromatic rings. The minimum absolute atomic E-state index is 0.0656. The number of rotatable bonds is 7. The van der Waals surface area contributed by atoms with Crippen LogP contribution in [0.5, 0.6) is 0 Å². The van der Waals surface area contributed by atoms with Crippen LogP contribution in [0.4, 0.5) is 0 Å². The van der Waals surface area contributed by atoms with Crippen molar-refractivity contribution >= 4 is 0 Å². The highest BCUT2D eigenvalue weighted by Gasteiger charge is 2.29. The van der Waals surface area contributed by atoms with Gasteiger partial charge in [-0.05, 0) is 37.8 Å². The van der Waals surface area contributed by atoms with Crippen LogP contribution in [-0.4, -0.2) is 24.0 Å². The highest BCUT2D eigenvalue weighted by molar-refractivity contribution is 5.20. The normalized spacial score (nSPS) is 16.7. The number of likely N-dealkylation sites (N-methyl/N-ethyl adjacent to an activating group) is 1. The van der Waals surface area contributed by atoms with Crippen molar-refractivity contribution in [3.8, 4) is 0 Å². The molecule has 0 amide bonds. The average Bonchev–Trinajstić information content (AvgIpc) is 2.38. The fourth-order valence-electron chi connectivity index (χ4n) is 3.15. The summed E-state index contributed by atoms with van der Waals surface area (Å²) in [5, 5.41) is 0. The number of nitrogens with zero attached hydrogens (tertiary/aromatic N) is 1. The molecule has 0 saturated heterocycles. The maximum atomic E-state index is 6.57. The zero-order valence-electron chi connectivity index (χ0n) is 14.0. The summed E-state index contributed by atoms with van der Waals surface area (Å²) >= 11 is 0. The van der Waals surface area contributed by atoms with Crippen molar-refractivity contribution in [1.82, 2.24) is 4.90 Å². The Labute approximate surface area is 125 Å². The Morgan fingerprint density at radius 1 is 1.00 bits per heavy atom. The van der Waals surface area contributed by atoms with Gasteiger partial charge in [-0.2, -0.15) is 0 Å². The van der Waals surface area contributed by atoms with Gasteiger partial charge in [-0.1, -0.05) is 58.0 Å². The molecule has 1 rings (SSSR count). The quantitative estimate of drug-likeness (QED) is 0.813. The topological polar surface area (TPSA) is 29.3 Å². The maximum Gasteiger partial charge on any atom is 0.0455 e. The number of nitrogens with two attached hydrogens (primary N) is 1. The van der Waals surface area contributed by atoms with Crippen LogP contribution in [0.1, 0.15) is 52.6 Å². The van der Waals surface area contributed by atoms with E-state index in [0.717, 1.165) is 0 Å². The van der Waals surface area contributed by atoms with Gasteiger partial charge < -0.3 is 5.73 Å². The second-order valence-corrected chi connectivity index (χ2v) is 6.82. The summed E-state index contributed by atoms with van der Waals surface area (Å²) in [6.07, 6.45) is 1.21. The van der Waals surface area contributed by atoms with Crippen LogP contribution in [0.3, 0.4) is 0 Å². The molecule has 0 saturated carbocycles. The Morgan fingerprint density at radius 3 is 2.00 bits per heavy atom. The van der Waals surface area contributed by atoms with E-state index in [4.69, 9.17) is 5.73 Å². The van der Waals surface area contributed by atoms with E-state index in [1.807, 2.05) is 6.07 Å². The van der Waals surface area contributed by atoms with Crippen molar-refractivity contribution in [2.45, 2.75) is 59.2 Å². The summed E-state index contributed by atoms with van der Waals surface area (Å²) in [7, 11) is 2.22. The van der Waals surface area contributed by atoms with Crippen LogP contribution < -0.4 is 5.73 Å². The molecule has 0 spiro atoms. The van der Waals surface area contributed by atoms with Crippen LogP contribution in [0.2, 0.25) is 0 Å². The molecule has 2 nitrogen and oxygen atoms in total. The van der Waals surface area contributed by atoms with Crippen molar-refractivity contribution in [1.29, 1.82) is 0 Å². The first-order valence-corrected chi connectivity index (χ1v) is 7.87. The van der Waals surface area contributed by atoms with Crippen LogP contribution >= 0.6 is 0 Å². The van der Waals surface area contributed by atoms with Gasteiger partial charge in [-0.25, -0.2) is 0 Å². The first-order chi connectivity index (χ1) is 9.34. The zero-order chi connectivity index (χ0) is 15.3. The van der Waals surface area contributed by atoms with E-state index in [2.05, 4.69) is 70.8 Å². The number of benzene rings is 1. The molecule has 20 heavy (non-hydrogen) atoms. The van der Waals surface area contributed by atoms with E-state index in [-0.39, 0.29) is 6.04 Å². The second-order valence-electron chi connectivity index (χ2n) is 6.82. The Bertz CT molecular complexity index is 372. The van der Waals surface area contributed by atoms with Crippen molar-refractivity contribution in [2.75, 3.05) is 7.05 Å². The van der Waals surface area contributed by atoms with E-state index in [9.17, 15) is 0 Å². The third-order valence-corrected chi connectivity index (χ3v) is 4.21. The summed E-state index contributed by atoms with van der Waals surface area (Å²) in [5.41, 5.74) is 7.80. The van der Waals surface area contributed by atoms with E-state index in [0.29, 0.717) is 23.9 Å². The van der Waals surface area contributed by atoms with E-state index >= 15 is 0 Å². The molecule has 0 fully saturated rings. The van der Waals surface area contributed by atoms with Crippen LogP contribution in [0.15, 0.2) is 30.3 Å². The third-order valence-electron chi connectivity index (χ3n) is 4.21. The smallest absolute Gasteiger partial charge is 0.0455 e. The highest BCUT2D eigenvalue weighted by atomic mass is 15.2. The van der Waals surface area contributed by atoms with Gasteiger partial charge >= 0.3 is 0 Å². The lowest BCUT2D eigenvalue weighted by Crippen LogP contribution is -2.48. The van der Waals surface area contributed by atoms with E-state index in [1.54, 1.807) is 0 Å². The van der Waals surface area contributed by atoms with Gasteiger partial charge in [0, 0.05) is 18.1 Å². The molecule has 0 aliphatic heterocycles. The van der Waals surface area contributed by atoms with E-state index < -0.39 is 0 Å². The molecule has 2 N–H and O–H groups in total. The van der Waals surface area contributed by atoms with Gasteiger partial charge in [0.1, 0.15) is 0 Å². The molecule has 0 aliphatic rings. The summed E-state index contributed by atoms with van der Waals surface area (Å²) < 4.78 is 0. The van der Waals surface area contributed by atoms with Crippen LogP contribution in [0, 0.1) is 11.8 Å². The zero-order valence-corrected chi connectivity index (χ0v) is 14.0. The predicted molar refractivity (Wildman–Crippen MR) is 88.7 cm³/mol. The molecule has 0 radical (unpaired) electrons. The Hall–Kier alpha value is -0.860. The Morgan fingerprint density at radius 2 is 1.55 bits per heavy atom. The van der Waals surface area contributed by atoms with Crippen molar-refractivity contribution in [2.24, 2.45) is 17.6 Å². The monoisotopic (exact) mass is 276 g/mol. The number of hydrogen-bond acceptors (Lipinski definition) is 2. The fourth-order valence-corrected chi connectivity index (χ4v) is 3.15. The highest BCUT2D eigenvalue weighted by Crippen LogP contribution is 2.26. The summed E-state index contributed by atoms with van der Waals surface area (Å²) in [6.45, 7) is 11.4. The first-order valence-electron chi connectivity index (χ1n) is 7.87. The molecule has 0 bridgehead atoms. The second kappa shape index (κ2) is 7.80. The Kier molecular flexibility index (Phi) is 6.70. The molecule has 0 aliphatic carbocycles. The summed E-state index contributed by atoms with van der Waals surface area (Å²) in [6, 6.07) is 11.5. The van der Waals surface area contributed by atoms with Gasteiger partial charge in [0.15, 0.2) is 0 Å². The Balaban J connectivity index is 2.88. The first kappa shape index (κ1) is 17.2. The summed E-state index contributed by atoms with van der Waals surface area (Å²) in [5.74, 6) is 1.25. The van der Waals surface area contributed by atoms with Gasteiger partial charge in [0.25, 0.3) is 0 Å². The molecular weight excluding hydrogens is 244 g/mol. The lowest BCUT2D eigenvalue weighted by atomic mass is 9.89. The molecule has 1 aromatic carbocycles. The van der Waals surface area contributed by atoms with Crippen molar-refractivity contribution in [3.05, 3.63) is 35.9 Å². The SMILES string of the molecule is CC(C)CC(C)N(C)C(C(C)C)C(N)c1ccccc1. The fraction of sp³-hybridized carbons (Fsp3) is 0.667. The summed E-state index contributed by atoms with van der Waals surface area (Å²) in [4.78, 5) is 2.47. The molecule has 2 heteroatoms. The molecule has 114 valence electrons. The van der Waals surface area contributed by atoms with Gasteiger partial charge in [0.05, 0.1) is 0 Å².